The maximum absolute atomic E-state index is 12.6. The van der Waals surface area contributed by atoms with E-state index in [2.05, 4.69) is 10.0 Å². The number of benzene rings is 2. The second-order valence-corrected chi connectivity index (χ2v) is 7.92. The first kappa shape index (κ1) is 19.2. The van der Waals surface area contributed by atoms with Gasteiger partial charge in [-0.25, -0.2) is 8.42 Å². The van der Waals surface area contributed by atoms with E-state index in [0.717, 1.165) is 12.0 Å². The van der Waals surface area contributed by atoms with Gasteiger partial charge in [0.15, 0.2) is 11.5 Å². The molecule has 0 aromatic heterocycles. The van der Waals surface area contributed by atoms with E-state index in [1.54, 1.807) is 6.07 Å². The van der Waals surface area contributed by atoms with Gasteiger partial charge in [0.25, 0.3) is 0 Å². The summed E-state index contributed by atoms with van der Waals surface area (Å²) in [5, 5.41) is 2.72. The van der Waals surface area contributed by atoms with Crippen LogP contribution in [0.5, 0.6) is 11.5 Å². The summed E-state index contributed by atoms with van der Waals surface area (Å²) in [5.74, 6) is 0.494. The van der Waals surface area contributed by atoms with Crippen LogP contribution in [0.15, 0.2) is 53.4 Å². The van der Waals surface area contributed by atoms with Crippen LogP contribution in [0.3, 0.4) is 0 Å². The van der Waals surface area contributed by atoms with E-state index in [1.807, 2.05) is 30.3 Å². The van der Waals surface area contributed by atoms with Crippen molar-refractivity contribution in [1.82, 2.24) is 10.0 Å². The average Bonchev–Trinajstić information content (AvgIpc) is 2.91. The molecule has 144 valence electrons. The van der Waals surface area contributed by atoms with Crippen LogP contribution in [0.25, 0.3) is 0 Å². The molecule has 2 aromatic carbocycles. The van der Waals surface area contributed by atoms with Crippen molar-refractivity contribution < 1.29 is 22.7 Å². The Morgan fingerprint density at radius 2 is 1.78 bits per heavy atom. The predicted molar refractivity (Wildman–Crippen MR) is 100 cm³/mol. The third-order valence-corrected chi connectivity index (χ3v) is 5.60. The molecule has 0 spiro atoms. The molecule has 1 atom stereocenters. The summed E-state index contributed by atoms with van der Waals surface area (Å²) >= 11 is 0. The Bertz CT molecular complexity index is 900. The van der Waals surface area contributed by atoms with Crippen LogP contribution in [0.2, 0.25) is 0 Å². The van der Waals surface area contributed by atoms with Crippen molar-refractivity contribution in [2.75, 3.05) is 13.2 Å². The quantitative estimate of drug-likeness (QED) is 0.785. The third kappa shape index (κ3) is 4.99. The molecule has 1 heterocycles. The van der Waals surface area contributed by atoms with Gasteiger partial charge in [0.05, 0.1) is 24.2 Å². The van der Waals surface area contributed by atoms with Crippen LogP contribution in [-0.2, 0) is 21.4 Å². The Hall–Kier alpha value is -2.58. The van der Waals surface area contributed by atoms with Gasteiger partial charge in [0.2, 0.25) is 15.9 Å². The Kier molecular flexibility index (Phi) is 5.98. The minimum atomic E-state index is -3.88. The molecule has 0 fully saturated rings. The Balaban J connectivity index is 1.64. The fraction of sp³-hybridized carbons (Fsp3) is 0.316. The fourth-order valence-electron chi connectivity index (χ4n) is 2.60. The highest BCUT2D eigenvalue weighted by Crippen LogP contribution is 2.31. The summed E-state index contributed by atoms with van der Waals surface area (Å²) in [6, 6.07) is 12.9. The number of amides is 1. The molecule has 1 aliphatic heterocycles. The zero-order valence-electron chi connectivity index (χ0n) is 15.0. The summed E-state index contributed by atoms with van der Waals surface area (Å²) in [6.07, 6.45) is 0.730. The Morgan fingerprint density at radius 1 is 1.07 bits per heavy atom. The van der Waals surface area contributed by atoms with Crippen LogP contribution in [0.1, 0.15) is 18.9 Å². The molecule has 1 amide bonds. The molecule has 0 saturated carbocycles. The number of carbonyl (C=O) groups excluding carboxylic acids is 1. The molecule has 2 aromatic rings. The number of hydrogen-bond donors (Lipinski definition) is 2. The van der Waals surface area contributed by atoms with Crippen LogP contribution >= 0.6 is 0 Å². The molecule has 1 aliphatic rings. The van der Waals surface area contributed by atoms with Gasteiger partial charge in [-0.15, -0.1) is 0 Å². The molecule has 1 unspecified atom stereocenters. The maximum atomic E-state index is 12.6. The SMILES string of the molecule is CC(NS(=O)(=O)c1ccc2c(c1)OCCCO2)C(=O)NCc1ccccc1. The van der Waals surface area contributed by atoms with Gasteiger partial charge in [-0.1, -0.05) is 30.3 Å². The first-order valence-electron chi connectivity index (χ1n) is 8.69. The number of ether oxygens (including phenoxy) is 2. The van der Waals surface area contributed by atoms with Gasteiger partial charge >= 0.3 is 0 Å². The largest absolute Gasteiger partial charge is 0.490 e. The highest BCUT2D eigenvalue weighted by atomic mass is 32.2. The standard InChI is InChI=1S/C19H22N2O5S/c1-14(19(22)20-13-15-6-3-2-4-7-15)21-27(23,24)16-8-9-17-18(12-16)26-11-5-10-25-17/h2-4,6-9,12,14,21H,5,10-11,13H2,1H3,(H,20,22). The molecule has 0 bridgehead atoms. The summed E-state index contributed by atoms with van der Waals surface area (Å²) in [4.78, 5) is 12.2. The van der Waals surface area contributed by atoms with E-state index in [1.165, 1.54) is 19.1 Å². The number of hydrogen-bond acceptors (Lipinski definition) is 5. The van der Waals surface area contributed by atoms with Gasteiger partial charge in [-0.2, -0.15) is 4.72 Å². The van der Waals surface area contributed by atoms with E-state index in [4.69, 9.17) is 9.47 Å². The van der Waals surface area contributed by atoms with Gasteiger partial charge in [-0.3, -0.25) is 4.79 Å². The lowest BCUT2D eigenvalue weighted by atomic mass is 10.2. The minimum absolute atomic E-state index is 0.0226. The Morgan fingerprint density at radius 3 is 2.52 bits per heavy atom. The first-order chi connectivity index (χ1) is 13.0. The highest BCUT2D eigenvalue weighted by Gasteiger charge is 2.23. The van der Waals surface area contributed by atoms with E-state index in [-0.39, 0.29) is 4.90 Å². The van der Waals surface area contributed by atoms with Gasteiger partial charge in [0.1, 0.15) is 0 Å². The zero-order chi connectivity index (χ0) is 19.3. The summed E-state index contributed by atoms with van der Waals surface area (Å²) < 4.78 is 38.6. The number of carbonyl (C=O) groups is 1. The monoisotopic (exact) mass is 390 g/mol. The zero-order valence-corrected chi connectivity index (χ0v) is 15.8. The molecule has 8 heteroatoms. The number of nitrogens with one attached hydrogen (secondary N) is 2. The molecule has 0 aliphatic carbocycles. The van der Waals surface area contributed by atoms with Crippen molar-refractivity contribution >= 4 is 15.9 Å². The summed E-state index contributed by atoms with van der Waals surface area (Å²) in [5.41, 5.74) is 0.934. The van der Waals surface area contributed by atoms with Crippen molar-refractivity contribution in [3.05, 3.63) is 54.1 Å². The highest BCUT2D eigenvalue weighted by molar-refractivity contribution is 7.89. The van der Waals surface area contributed by atoms with Crippen molar-refractivity contribution in [2.24, 2.45) is 0 Å². The van der Waals surface area contributed by atoms with E-state index >= 15 is 0 Å². The second-order valence-electron chi connectivity index (χ2n) is 6.21. The smallest absolute Gasteiger partial charge is 0.241 e. The summed E-state index contributed by atoms with van der Waals surface area (Å²) in [6.45, 7) is 2.81. The van der Waals surface area contributed by atoms with E-state index < -0.39 is 22.0 Å². The van der Waals surface area contributed by atoms with Crippen molar-refractivity contribution in [3.63, 3.8) is 0 Å². The van der Waals surface area contributed by atoms with Crippen LogP contribution in [0.4, 0.5) is 0 Å². The number of rotatable bonds is 6. The normalized spacial score (nSPS) is 14.9. The minimum Gasteiger partial charge on any atom is -0.490 e. The van der Waals surface area contributed by atoms with Gasteiger partial charge in [0, 0.05) is 19.0 Å². The van der Waals surface area contributed by atoms with E-state index in [9.17, 15) is 13.2 Å². The first-order valence-corrected chi connectivity index (χ1v) is 10.2. The molecule has 2 N–H and O–H groups in total. The topological polar surface area (TPSA) is 93.7 Å². The van der Waals surface area contributed by atoms with Crippen molar-refractivity contribution in [1.29, 1.82) is 0 Å². The molecule has 3 rings (SSSR count). The van der Waals surface area contributed by atoms with E-state index in [0.29, 0.717) is 31.3 Å². The van der Waals surface area contributed by atoms with Gasteiger partial charge < -0.3 is 14.8 Å². The van der Waals surface area contributed by atoms with Crippen molar-refractivity contribution in [2.45, 2.75) is 30.8 Å². The lowest BCUT2D eigenvalue weighted by Crippen LogP contribution is -2.44. The fourth-order valence-corrected chi connectivity index (χ4v) is 3.82. The van der Waals surface area contributed by atoms with Crippen molar-refractivity contribution in [3.8, 4) is 11.5 Å². The maximum Gasteiger partial charge on any atom is 0.241 e. The lowest BCUT2D eigenvalue weighted by molar-refractivity contribution is -0.122. The lowest BCUT2D eigenvalue weighted by Gasteiger charge is -2.15. The number of sulfonamides is 1. The molecular weight excluding hydrogens is 368 g/mol. The second kappa shape index (κ2) is 8.41. The Labute approximate surface area is 158 Å². The van der Waals surface area contributed by atoms with Crippen LogP contribution < -0.4 is 19.5 Å². The average molecular weight is 390 g/mol. The predicted octanol–water partition coefficient (Wildman–Crippen LogP) is 1.83. The van der Waals surface area contributed by atoms with Crippen LogP contribution in [0, 0.1) is 0 Å². The third-order valence-electron chi connectivity index (χ3n) is 4.06. The molecule has 7 nitrogen and oxygen atoms in total. The van der Waals surface area contributed by atoms with Crippen LogP contribution in [-0.4, -0.2) is 33.6 Å². The number of fused-ring (bicyclic) bond motifs is 1. The summed E-state index contributed by atoms with van der Waals surface area (Å²) in [7, 11) is -3.88. The molecular formula is C19H22N2O5S. The molecule has 0 radical (unpaired) electrons. The molecule has 27 heavy (non-hydrogen) atoms. The molecule has 0 saturated heterocycles. The van der Waals surface area contributed by atoms with Gasteiger partial charge in [-0.05, 0) is 24.6 Å².